The van der Waals surface area contributed by atoms with Gasteiger partial charge in [0.25, 0.3) is 0 Å². The molecule has 0 aliphatic carbocycles. The van der Waals surface area contributed by atoms with Crippen molar-refractivity contribution in [3.63, 3.8) is 0 Å². The third-order valence-electron chi connectivity index (χ3n) is 4.41. The SMILES string of the molecule is CN1C(=O)COC[C@@H]2CCN(Cc3ccncc3)C[C@@H]21. The number of aromatic nitrogens is 1. The molecule has 1 aromatic rings. The Balaban J connectivity index is 1.67. The zero-order valence-corrected chi connectivity index (χ0v) is 11.9. The highest BCUT2D eigenvalue weighted by Crippen LogP contribution is 2.25. The number of hydrogen-bond donors (Lipinski definition) is 0. The third kappa shape index (κ3) is 2.83. The normalized spacial score (nSPS) is 28.1. The maximum Gasteiger partial charge on any atom is 0.248 e. The van der Waals surface area contributed by atoms with Crippen molar-refractivity contribution in [2.45, 2.75) is 19.0 Å². The first-order valence-corrected chi connectivity index (χ1v) is 7.18. The second-order valence-electron chi connectivity index (χ2n) is 5.73. The highest BCUT2D eigenvalue weighted by atomic mass is 16.5. The van der Waals surface area contributed by atoms with E-state index in [1.807, 2.05) is 24.3 Å². The van der Waals surface area contributed by atoms with Crippen LogP contribution in [0.5, 0.6) is 0 Å². The number of amides is 1. The van der Waals surface area contributed by atoms with Crippen LogP contribution >= 0.6 is 0 Å². The predicted octanol–water partition coefficient (Wildman–Crippen LogP) is 0.761. The molecular weight excluding hydrogens is 254 g/mol. The number of hydrogen-bond acceptors (Lipinski definition) is 4. The van der Waals surface area contributed by atoms with Crippen LogP contribution in [-0.2, 0) is 16.1 Å². The van der Waals surface area contributed by atoms with Crippen LogP contribution in [0.25, 0.3) is 0 Å². The standard InChI is InChI=1S/C15H21N3O2/c1-17-14-9-18(8-12-2-5-16-6-3-12)7-4-13(14)10-20-11-15(17)19/h2-3,5-6,13-14H,4,7-11H2,1H3/t13-,14-/m0/s1. The van der Waals surface area contributed by atoms with E-state index >= 15 is 0 Å². The molecule has 0 aromatic carbocycles. The third-order valence-corrected chi connectivity index (χ3v) is 4.41. The molecule has 5 nitrogen and oxygen atoms in total. The lowest BCUT2D eigenvalue weighted by atomic mass is 9.91. The maximum absolute atomic E-state index is 11.9. The van der Waals surface area contributed by atoms with Crippen molar-refractivity contribution in [3.8, 4) is 0 Å². The average molecular weight is 275 g/mol. The first-order chi connectivity index (χ1) is 9.74. The minimum atomic E-state index is 0.100. The lowest BCUT2D eigenvalue weighted by Crippen LogP contribution is -2.52. The molecule has 1 amide bonds. The summed E-state index contributed by atoms with van der Waals surface area (Å²) in [5.41, 5.74) is 1.28. The van der Waals surface area contributed by atoms with Gasteiger partial charge in [-0.3, -0.25) is 14.7 Å². The molecule has 2 atom stereocenters. The van der Waals surface area contributed by atoms with E-state index in [2.05, 4.69) is 22.0 Å². The molecule has 0 bridgehead atoms. The van der Waals surface area contributed by atoms with Crippen molar-refractivity contribution in [3.05, 3.63) is 30.1 Å². The Morgan fingerprint density at radius 3 is 3.00 bits per heavy atom. The van der Waals surface area contributed by atoms with Gasteiger partial charge in [-0.1, -0.05) is 0 Å². The summed E-state index contributed by atoms with van der Waals surface area (Å²) in [6.07, 6.45) is 4.75. The van der Waals surface area contributed by atoms with Gasteiger partial charge in [0.2, 0.25) is 5.91 Å². The van der Waals surface area contributed by atoms with Gasteiger partial charge in [0, 0.05) is 44.5 Å². The minimum Gasteiger partial charge on any atom is -0.371 e. The molecule has 0 spiro atoms. The van der Waals surface area contributed by atoms with Crippen molar-refractivity contribution in [2.75, 3.05) is 33.4 Å². The number of likely N-dealkylation sites (N-methyl/N-ethyl adjacent to an activating group) is 1. The van der Waals surface area contributed by atoms with Crippen molar-refractivity contribution in [2.24, 2.45) is 5.92 Å². The van der Waals surface area contributed by atoms with Crippen LogP contribution in [0.1, 0.15) is 12.0 Å². The largest absolute Gasteiger partial charge is 0.371 e. The number of nitrogens with zero attached hydrogens (tertiary/aromatic N) is 3. The highest BCUT2D eigenvalue weighted by molar-refractivity contribution is 5.77. The van der Waals surface area contributed by atoms with Gasteiger partial charge in [-0.2, -0.15) is 0 Å². The number of piperidine rings is 1. The Hall–Kier alpha value is -1.46. The molecule has 108 valence electrons. The van der Waals surface area contributed by atoms with E-state index in [9.17, 15) is 4.79 Å². The van der Waals surface area contributed by atoms with E-state index in [0.717, 1.165) is 26.1 Å². The Kier molecular flexibility index (Phi) is 3.98. The molecule has 0 saturated carbocycles. The fourth-order valence-corrected chi connectivity index (χ4v) is 3.15. The fourth-order valence-electron chi connectivity index (χ4n) is 3.15. The first kappa shape index (κ1) is 13.5. The van der Waals surface area contributed by atoms with E-state index in [1.165, 1.54) is 5.56 Å². The van der Waals surface area contributed by atoms with E-state index in [0.29, 0.717) is 12.5 Å². The maximum atomic E-state index is 11.9. The van der Waals surface area contributed by atoms with Crippen LogP contribution in [-0.4, -0.2) is 60.1 Å². The van der Waals surface area contributed by atoms with E-state index in [4.69, 9.17) is 4.74 Å². The molecule has 2 aliphatic heterocycles. The fraction of sp³-hybridized carbons (Fsp3) is 0.600. The summed E-state index contributed by atoms with van der Waals surface area (Å²) in [6.45, 7) is 3.86. The molecule has 2 saturated heterocycles. The van der Waals surface area contributed by atoms with Gasteiger partial charge in [-0.25, -0.2) is 0 Å². The molecule has 0 N–H and O–H groups in total. The van der Waals surface area contributed by atoms with E-state index in [1.54, 1.807) is 0 Å². The van der Waals surface area contributed by atoms with Gasteiger partial charge in [-0.15, -0.1) is 0 Å². The Morgan fingerprint density at radius 1 is 1.40 bits per heavy atom. The lowest BCUT2D eigenvalue weighted by molar-refractivity contribution is -0.134. The number of rotatable bonds is 2. The number of carbonyl (C=O) groups excluding carboxylic acids is 1. The molecule has 20 heavy (non-hydrogen) atoms. The van der Waals surface area contributed by atoms with Crippen molar-refractivity contribution < 1.29 is 9.53 Å². The molecule has 5 heteroatoms. The number of pyridine rings is 1. The summed E-state index contributed by atoms with van der Waals surface area (Å²) in [6, 6.07) is 4.38. The van der Waals surface area contributed by atoms with Gasteiger partial charge >= 0.3 is 0 Å². The topological polar surface area (TPSA) is 45.7 Å². The Bertz CT molecular complexity index is 465. The minimum absolute atomic E-state index is 0.100. The number of carbonyl (C=O) groups is 1. The summed E-state index contributed by atoms with van der Waals surface area (Å²) in [7, 11) is 1.91. The monoisotopic (exact) mass is 275 g/mol. The lowest BCUT2D eigenvalue weighted by Gasteiger charge is -2.41. The summed E-state index contributed by atoms with van der Waals surface area (Å²) in [5.74, 6) is 0.573. The van der Waals surface area contributed by atoms with Gasteiger partial charge in [0.1, 0.15) is 6.61 Å². The van der Waals surface area contributed by atoms with Gasteiger partial charge < -0.3 is 9.64 Å². The molecule has 0 unspecified atom stereocenters. The second-order valence-corrected chi connectivity index (χ2v) is 5.73. The van der Waals surface area contributed by atoms with Crippen molar-refractivity contribution >= 4 is 5.91 Å². The van der Waals surface area contributed by atoms with Crippen LogP contribution in [0.2, 0.25) is 0 Å². The number of ether oxygens (including phenoxy) is 1. The summed E-state index contributed by atoms with van der Waals surface area (Å²) >= 11 is 0. The summed E-state index contributed by atoms with van der Waals surface area (Å²) < 4.78 is 5.48. The zero-order valence-electron chi connectivity index (χ0n) is 11.9. The second kappa shape index (κ2) is 5.89. The van der Waals surface area contributed by atoms with Crippen LogP contribution in [0.15, 0.2) is 24.5 Å². The van der Waals surface area contributed by atoms with Gasteiger partial charge in [-0.05, 0) is 30.7 Å². The Labute approximate surface area is 119 Å². The average Bonchev–Trinajstić information content (AvgIpc) is 2.61. The van der Waals surface area contributed by atoms with Crippen molar-refractivity contribution in [1.82, 2.24) is 14.8 Å². The van der Waals surface area contributed by atoms with Gasteiger partial charge in [0.15, 0.2) is 0 Å². The molecule has 1 aromatic heterocycles. The summed E-state index contributed by atoms with van der Waals surface area (Å²) in [4.78, 5) is 20.3. The van der Waals surface area contributed by atoms with E-state index in [-0.39, 0.29) is 18.6 Å². The molecule has 2 aliphatic rings. The Morgan fingerprint density at radius 2 is 2.20 bits per heavy atom. The molecular formula is C15H21N3O2. The number of likely N-dealkylation sites (tertiary alicyclic amines) is 1. The molecule has 0 radical (unpaired) electrons. The number of fused-ring (bicyclic) bond motifs is 1. The van der Waals surface area contributed by atoms with Crippen LogP contribution in [0.4, 0.5) is 0 Å². The van der Waals surface area contributed by atoms with Crippen molar-refractivity contribution in [1.29, 1.82) is 0 Å². The quantitative estimate of drug-likeness (QED) is 0.799. The van der Waals surface area contributed by atoms with Crippen LogP contribution < -0.4 is 0 Å². The predicted molar refractivity (Wildman–Crippen MR) is 75.0 cm³/mol. The molecule has 2 fully saturated rings. The highest BCUT2D eigenvalue weighted by Gasteiger charge is 2.36. The van der Waals surface area contributed by atoms with E-state index < -0.39 is 0 Å². The molecule has 3 rings (SSSR count). The molecule has 3 heterocycles. The van der Waals surface area contributed by atoms with Crippen LogP contribution in [0.3, 0.4) is 0 Å². The summed E-state index contributed by atoms with van der Waals surface area (Å²) in [5, 5.41) is 0. The smallest absolute Gasteiger partial charge is 0.248 e. The van der Waals surface area contributed by atoms with Crippen LogP contribution in [0, 0.1) is 5.92 Å². The first-order valence-electron chi connectivity index (χ1n) is 7.18. The zero-order chi connectivity index (χ0) is 13.9. The van der Waals surface area contributed by atoms with Gasteiger partial charge in [0.05, 0.1) is 6.61 Å².